The summed E-state index contributed by atoms with van der Waals surface area (Å²) >= 11 is 13.5. The van der Waals surface area contributed by atoms with Gasteiger partial charge in [-0.1, -0.05) is 39.7 Å². The second-order valence-corrected chi connectivity index (χ2v) is 9.33. The number of hydrogen-bond donors (Lipinski definition) is 1. The third kappa shape index (κ3) is 3.08. The molecule has 0 bridgehead atoms. The van der Waals surface area contributed by atoms with E-state index >= 15 is 0 Å². The molecule has 1 atom stereocenters. The SMILES string of the molecule is CN1CCC(C2(O)c3ncc(Br)cc3C=Cc3cc(Cl)cc(Br)c32)CC1. The zero-order valence-corrected chi connectivity index (χ0v) is 18.3. The first-order valence-electron chi connectivity index (χ1n) is 8.64. The van der Waals surface area contributed by atoms with E-state index in [1.165, 1.54) is 0 Å². The Bertz CT molecular complexity index is 894. The number of fused-ring (bicyclic) bond motifs is 2. The van der Waals surface area contributed by atoms with Crippen LogP contribution in [0.4, 0.5) is 0 Å². The average molecular weight is 499 g/mol. The van der Waals surface area contributed by atoms with Crippen molar-refractivity contribution < 1.29 is 5.11 Å². The maximum atomic E-state index is 12.2. The Balaban J connectivity index is 1.98. The van der Waals surface area contributed by atoms with Crippen LogP contribution in [0.15, 0.2) is 33.3 Å². The fourth-order valence-corrected chi connectivity index (χ4v) is 5.63. The van der Waals surface area contributed by atoms with Crippen molar-refractivity contribution in [3.63, 3.8) is 0 Å². The highest BCUT2D eigenvalue weighted by Gasteiger charge is 2.46. The predicted octanol–water partition coefficient (Wildman–Crippen LogP) is 5.32. The molecule has 1 unspecified atom stereocenters. The molecule has 2 aromatic rings. The molecule has 6 heteroatoms. The fraction of sp³-hybridized carbons (Fsp3) is 0.350. The molecule has 3 nitrogen and oxygen atoms in total. The number of hydrogen-bond acceptors (Lipinski definition) is 3. The fourth-order valence-electron chi connectivity index (χ4n) is 4.15. The summed E-state index contributed by atoms with van der Waals surface area (Å²) in [6, 6.07) is 5.79. The maximum Gasteiger partial charge on any atom is 0.137 e. The van der Waals surface area contributed by atoms with Gasteiger partial charge in [-0.2, -0.15) is 0 Å². The number of pyridine rings is 1. The van der Waals surface area contributed by atoms with Gasteiger partial charge in [-0.05, 0) is 72.7 Å². The van der Waals surface area contributed by atoms with E-state index in [4.69, 9.17) is 11.6 Å². The van der Waals surface area contributed by atoms with Crippen LogP contribution in [0.25, 0.3) is 12.2 Å². The minimum Gasteiger partial charge on any atom is -0.378 e. The molecule has 0 radical (unpaired) electrons. The van der Waals surface area contributed by atoms with Crippen molar-refractivity contribution in [1.29, 1.82) is 0 Å². The van der Waals surface area contributed by atoms with E-state index in [9.17, 15) is 5.11 Å². The van der Waals surface area contributed by atoms with Gasteiger partial charge in [0, 0.05) is 37.2 Å². The summed E-state index contributed by atoms with van der Waals surface area (Å²) in [6.07, 6.45) is 7.63. The van der Waals surface area contributed by atoms with E-state index < -0.39 is 5.60 Å². The molecular formula is C20H19Br2ClN2O. The van der Waals surface area contributed by atoms with E-state index in [0.717, 1.165) is 51.6 Å². The predicted molar refractivity (Wildman–Crippen MR) is 113 cm³/mol. The molecule has 0 saturated carbocycles. The van der Waals surface area contributed by atoms with Gasteiger partial charge in [-0.25, -0.2) is 0 Å². The number of aliphatic hydroxyl groups is 1. The molecule has 0 amide bonds. The van der Waals surface area contributed by atoms with E-state index in [0.29, 0.717) is 10.7 Å². The largest absolute Gasteiger partial charge is 0.378 e. The van der Waals surface area contributed by atoms with Crippen molar-refractivity contribution in [2.45, 2.75) is 18.4 Å². The van der Waals surface area contributed by atoms with Gasteiger partial charge in [0.25, 0.3) is 0 Å². The number of halogens is 3. The lowest BCUT2D eigenvalue weighted by Crippen LogP contribution is -2.44. The zero-order chi connectivity index (χ0) is 18.5. The highest BCUT2D eigenvalue weighted by Crippen LogP contribution is 2.49. The third-order valence-electron chi connectivity index (χ3n) is 5.46. The molecule has 1 N–H and O–H groups in total. The normalized spacial score (nSPS) is 23.4. The van der Waals surface area contributed by atoms with Gasteiger partial charge in [0.1, 0.15) is 5.60 Å². The van der Waals surface area contributed by atoms with Gasteiger partial charge in [0.2, 0.25) is 0 Å². The van der Waals surface area contributed by atoms with Crippen LogP contribution in [0.5, 0.6) is 0 Å². The Kier molecular flexibility index (Phi) is 5.03. The summed E-state index contributed by atoms with van der Waals surface area (Å²) in [6.45, 7) is 1.93. The van der Waals surface area contributed by atoms with E-state index in [-0.39, 0.29) is 5.92 Å². The Hall–Kier alpha value is -0.720. The van der Waals surface area contributed by atoms with E-state index in [1.807, 2.05) is 30.4 Å². The van der Waals surface area contributed by atoms with Gasteiger partial charge in [-0.15, -0.1) is 0 Å². The molecule has 1 aromatic heterocycles. The van der Waals surface area contributed by atoms with Crippen LogP contribution >= 0.6 is 43.5 Å². The first kappa shape index (κ1) is 18.6. The van der Waals surface area contributed by atoms with Crippen molar-refractivity contribution in [2.75, 3.05) is 20.1 Å². The highest BCUT2D eigenvalue weighted by molar-refractivity contribution is 9.10. The summed E-state index contributed by atoms with van der Waals surface area (Å²) in [4.78, 5) is 6.98. The first-order valence-corrected chi connectivity index (χ1v) is 10.6. The van der Waals surface area contributed by atoms with Gasteiger partial charge in [-0.3, -0.25) is 4.98 Å². The Morgan fingerprint density at radius 1 is 1.15 bits per heavy atom. The zero-order valence-electron chi connectivity index (χ0n) is 14.3. The number of aromatic nitrogens is 1. The van der Waals surface area contributed by atoms with Gasteiger partial charge in [0.05, 0.1) is 5.69 Å². The second-order valence-electron chi connectivity index (χ2n) is 7.12. The van der Waals surface area contributed by atoms with E-state index in [1.54, 1.807) is 6.20 Å². The maximum absolute atomic E-state index is 12.2. The summed E-state index contributed by atoms with van der Waals surface area (Å²) in [5.74, 6) is 0.0854. The molecule has 1 saturated heterocycles. The van der Waals surface area contributed by atoms with Crippen molar-refractivity contribution in [3.8, 4) is 0 Å². The van der Waals surface area contributed by atoms with Crippen LogP contribution in [0.2, 0.25) is 5.02 Å². The van der Waals surface area contributed by atoms with Gasteiger partial charge in [0.15, 0.2) is 0 Å². The molecule has 2 aliphatic rings. The molecule has 26 heavy (non-hydrogen) atoms. The molecule has 4 rings (SSSR count). The van der Waals surface area contributed by atoms with Crippen molar-refractivity contribution in [1.82, 2.24) is 9.88 Å². The number of piperidine rings is 1. The van der Waals surface area contributed by atoms with Gasteiger partial charge < -0.3 is 10.0 Å². The van der Waals surface area contributed by atoms with E-state index in [2.05, 4.69) is 48.8 Å². The van der Waals surface area contributed by atoms with Crippen LogP contribution in [0.3, 0.4) is 0 Å². The summed E-state index contributed by atoms with van der Waals surface area (Å²) < 4.78 is 1.72. The molecule has 2 heterocycles. The van der Waals surface area contributed by atoms with Crippen molar-refractivity contribution in [2.24, 2.45) is 5.92 Å². The number of nitrogens with zero attached hydrogens (tertiary/aromatic N) is 2. The molecule has 1 aliphatic carbocycles. The third-order valence-corrected chi connectivity index (χ3v) is 6.74. The lowest BCUT2D eigenvalue weighted by Gasteiger charge is -2.42. The minimum absolute atomic E-state index is 0.0854. The summed E-state index contributed by atoms with van der Waals surface area (Å²) in [5, 5.41) is 12.9. The van der Waals surface area contributed by atoms with Crippen LogP contribution in [0.1, 0.15) is 35.2 Å². The number of likely N-dealkylation sites (tertiary alicyclic amines) is 1. The number of rotatable bonds is 1. The minimum atomic E-state index is -1.17. The average Bonchev–Trinajstić information content (AvgIpc) is 2.71. The highest BCUT2D eigenvalue weighted by atomic mass is 79.9. The standard InChI is InChI=1S/C20H19Br2ClN2O/c1-25-6-4-14(5-7-25)20(26)18-12(9-16(23)10-17(18)22)2-3-13-8-15(21)11-24-19(13)20/h2-3,8-11,14,26H,4-7H2,1H3. The Morgan fingerprint density at radius 3 is 2.58 bits per heavy atom. The molecule has 1 aliphatic heterocycles. The number of benzene rings is 1. The van der Waals surface area contributed by atoms with Crippen LogP contribution < -0.4 is 0 Å². The van der Waals surface area contributed by atoms with Crippen LogP contribution in [0, 0.1) is 5.92 Å². The summed E-state index contributed by atoms with van der Waals surface area (Å²) in [7, 11) is 2.13. The molecule has 1 fully saturated rings. The first-order chi connectivity index (χ1) is 12.4. The Morgan fingerprint density at radius 2 is 1.85 bits per heavy atom. The van der Waals surface area contributed by atoms with Crippen LogP contribution in [-0.4, -0.2) is 35.1 Å². The second kappa shape index (κ2) is 7.02. The topological polar surface area (TPSA) is 36.4 Å². The molecule has 1 aromatic carbocycles. The van der Waals surface area contributed by atoms with Gasteiger partial charge >= 0.3 is 0 Å². The van der Waals surface area contributed by atoms with Crippen molar-refractivity contribution >= 4 is 55.6 Å². The summed E-state index contributed by atoms with van der Waals surface area (Å²) in [5.41, 5.74) is 2.27. The monoisotopic (exact) mass is 496 g/mol. The quantitative estimate of drug-likeness (QED) is 0.578. The smallest absolute Gasteiger partial charge is 0.137 e. The molecular weight excluding hydrogens is 479 g/mol. The molecule has 136 valence electrons. The van der Waals surface area contributed by atoms with Crippen molar-refractivity contribution in [3.05, 3.63) is 60.7 Å². The lowest BCUT2D eigenvalue weighted by molar-refractivity contribution is -0.0150. The van der Waals surface area contributed by atoms with Crippen LogP contribution in [-0.2, 0) is 5.60 Å². The lowest BCUT2D eigenvalue weighted by atomic mass is 9.72. The Labute approximate surface area is 175 Å². The molecule has 0 spiro atoms.